The van der Waals surface area contributed by atoms with E-state index in [4.69, 9.17) is 5.73 Å². The SMILES string of the molecule is CCN(CC1CCCCN1)c1cc(Br)ccc1C(N)=O. The highest BCUT2D eigenvalue weighted by molar-refractivity contribution is 9.10. The van der Waals surface area contributed by atoms with Gasteiger partial charge in [0.15, 0.2) is 0 Å². The van der Waals surface area contributed by atoms with E-state index in [0.717, 1.165) is 29.8 Å². The summed E-state index contributed by atoms with van der Waals surface area (Å²) in [5.41, 5.74) is 7.00. The summed E-state index contributed by atoms with van der Waals surface area (Å²) in [5.74, 6) is -0.373. The van der Waals surface area contributed by atoms with Crippen molar-refractivity contribution in [3.63, 3.8) is 0 Å². The zero-order chi connectivity index (χ0) is 14.5. The van der Waals surface area contributed by atoms with Gasteiger partial charge in [-0.25, -0.2) is 0 Å². The molecule has 20 heavy (non-hydrogen) atoms. The number of primary amides is 1. The van der Waals surface area contributed by atoms with Crippen molar-refractivity contribution in [1.82, 2.24) is 5.32 Å². The number of carbonyl (C=O) groups excluding carboxylic acids is 1. The third-order valence-corrected chi connectivity index (χ3v) is 4.29. The van der Waals surface area contributed by atoms with Crippen LogP contribution in [0.15, 0.2) is 22.7 Å². The predicted octanol–water partition coefficient (Wildman–Crippen LogP) is 2.52. The molecule has 1 amide bonds. The van der Waals surface area contributed by atoms with Crippen LogP contribution >= 0.6 is 15.9 Å². The van der Waals surface area contributed by atoms with Crippen LogP contribution in [0.1, 0.15) is 36.5 Å². The average molecular weight is 340 g/mol. The van der Waals surface area contributed by atoms with E-state index < -0.39 is 0 Å². The van der Waals surface area contributed by atoms with Crippen molar-refractivity contribution >= 4 is 27.5 Å². The number of halogens is 1. The average Bonchev–Trinajstić information content (AvgIpc) is 2.45. The lowest BCUT2D eigenvalue weighted by Crippen LogP contribution is -2.44. The van der Waals surface area contributed by atoms with Gasteiger partial charge in [-0.15, -0.1) is 0 Å². The second-order valence-electron chi connectivity index (χ2n) is 5.21. The van der Waals surface area contributed by atoms with Crippen LogP contribution in [-0.2, 0) is 0 Å². The summed E-state index contributed by atoms with van der Waals surface area (Å²) in [5, 5.41) is 3.55. The highest BCUT2D eigenvalue weighted by Gasteiger charge is 2.19. The number of carbonyl (C=O) groups is 1. The van der Waals surface area contributed by atoms with Crippen molar-refractivity contribution in [1.29, 1.82) is 0 Å². The zero-order valence-corrected chi connectivity index (χ0v) is 13.4. The number of likely N-dealkylation sites (N-methyl/N-ethyl adjacent to an activating group) is 1. The largest absolute Gasteiger partial charge is 0.370 e. The minimum atomic E-state index is -0.373. The Kier molecular flexibility index (Phi) is 5.43. The third-order valence-electron chi connectivity index (χ3n) is 3.80. The molecule has 2 rings (SSSR count). The molecule has 1 aromatic carbocycles. The summed E-state index contributed by atoms with van der Waals surface area (Å²) in [4.78, 5) is 13.8. The predicted molar refractivity (Wildman–Crippen MR) is 86.2 cm³/mol. The first-order valence-electron chi connectivity index (χ1n) is 7.19. The summed E-state index contributed by atoms with van der Waals surface area (Å²) in [6.45, 7) is 4.96. The maximum Gasteiger partial charge on any atom is 0.250 e. The molecule has 4 nitrogen and oxygen atoms in total. The van der Waals surface area contributed by atoms with Gasteiger partial charge < -0.3 is 16.0 Å². The molecule has 1 heterocycles. The van der Waals surface area contributed by atoms with E-state index in [1.165, 1.54) is 19.3 Å². The number of rotatable bonds is 5. The van der Waals surface area contributed by atoms with Crippen molar-refractivity contribution in [3.8, 4) is 0 Å². The molecule has 1 aliphatic rings. The van der Waals surface area contributed by atoms with Gasteiger partial charge in [-0.05, 0) is 44.5 Å². The van der Waals surface area contributed by atoms with Crippen LogP contribution in [0.5, 0.6) is 0 Å². The number of piperidine rings is 1. The fourth-order valence-corrected chi connectivity index (χ4v) is 3.07. The number of hydrogen-bond acceptors (Lipinski definition) is 3. The lowest BCUT2D eigenvalue weighted by atomic mass is 10.0. The second-order valence-corrected chi connectivity index (χ2v) is 6.13. The van der Waals surface area contributed by atoms with Gasteiger partial charge in [0.05, 0.1) is 11.3 Å². The van der Waals surface area contributed by atoms with Crippen LogP contribution in [0, 0.1) is 0 Å². The van der Waals surface area contributed by atoms with Crippen molar-refractivity contribution in [2.24, 2.45) is 5.73 Å². The fraction of sp³-hybridized carbons (Fsp3) is 0.533. The van der Waals surface area contributed by atoms with Crippen LogP contribution in [0.2, 0.25) is 0 Å². The number of nitrogens with one attached hydrogen (secondary N) is 1. The molecule has 0 spiro atoms. The highest BCUT2D eigenvalue weighted by atomic mass is 79.9. The molecule has 0 bridgehead atoms. The Hall–Kier alpha value is -1.07. The minimum Gasteiger partial charge on any atom is -0.370 e. The van der Waals surface area contributed by atoms with Crippen LogP contribution < -0.4 is 16.0 Å². The first-order valence-corrected chi connectivity index (χ1v) is 7.98. The van der Waals surface area contributed by atoms with Gasteiger partial charge in [0.25, 0.3) is 5.91 Å². The van der Waals surface area contributed by atoms with E-state index in [9.17, 15) is 4.79 Å². The van der Waals surface area contributed by atoms with Gasteiger partial charge in [0.2, 0.25) is 0 Å². The monoisotopic (exact) mass is 339 g/mol. The van der Waals surface area contributed by atoms with Crippen molar-refractivity contribution in [2.45, 2.75) is 32.2 Å². The molecule has 3 N–H and O–H groups in total. The van der Waals surface area contributed by atoms with E-state index in [0.29, 0.717) is 11.6 Å². The summed E-state index contributed by atoms with van der Waals surface area (Å²) in [6.07, 6.45) is 3.72. The third kappa shape index (κ3) is 3.73. The van der Waals surface area contributed by atoms with Gasteiger partial charge in [-0.3, -0.25) is 4.79 Å². The molecular weight excluding hydrogens is 318 g/mol. The van der Waals surface area contributed by atoms with Crippen molar-refractivity contribution in [2.75, 3.05) is 24.5 Å². The summed E-state index contributed by atoms with van der Waals surface area (Å²) < 4.78 is 0.965. The molecule has 110 valence electrons. The molecule has 0 radical (unpaired) electrons. The molecule has 5 heteroatoms. The molecule has 1 saturated heterocycles. The normalized spacial score (nSPS) is 18.8. The molecule has 0 aliphatic carbocycles. The van der Waals surface area contributed by atoms with E-state index in [1.54, 1.807) is 6.07 Å². The highest BCUT2D eigenvalue weighted by Crippen LogP contribution is 2.26. The van der Waals surface area contributed by atoms with Crippen LogP contribution in [0.25, 0.3) is 0 Å². The Labute approximate surface area is 128 Å². The van der Waals surface area contributed by atoms with Gasteiger partial charge >= 0.3 is 0 Å². The molecule has 0 saturated carbocycles. The van der Waals surface area contributed by atoms with E-state index >= 15 is 0 Å². The quantitative estimate of drug-likeness (QED) is 0.866. The van der Waals surface area contributed by atoms with Gasteiger partial charge in [-0.2, -0.15) is 0 Å². The van der Waals surface area contributed by atoms with Crippen molar-refractivity contribution in [3.05, 3.63) is 28.2 Å². The smallest absolute Gasteiger partial charge is 0.250 e. The number of benzene rings is 1. The van der Waals surface area contributed by atoms with Crippen LogP contribution in [-0.4, -0.2) is 31.6 Å². The summed E-state index contributed by atoms with van der Waals surface area (Å²) in [6, 6.07) is 6.12. The first kappa shape index (κ1) is 15.3. The van der Waals surface area contributed by atoms with Crippen LogP contribution in [0.3, 0.4) is 0 Å². The Morgan fingerprint density at radius 2 is 2.30 bits per heavy atom. The molecule has 1 aromatic rings. The molecule has 1 fully saturated rings. The van der Waals surface area contributed by atoms with E-state index in [-0.39, 0.29) is 5.91 Å². The Morgan fingerprint density at radius 1 is 1.50 bits per heavy atom. The molecule has 0 aromatic heterocycles. The topological polar surface area (TPSA) is 58.4 Å². The van der Waals surface area contributed by atoms with Gasteiger partial charge in [-0.1, -0.05) is 22.4 Å². The minimum absolute atomic E-state index is 0.373. The Bertz CT molecular complexity index is 472. The summed E-state index contributed by atoms with van der Waals surface area (Å²) in [7, 11) is 0. The van der Waals surface area contributed by atoms with Gasteiger partial charge in [0, 0.05) is 23.6 Å². The number of amides is 1. The maximum absolute atomic E-state index is 11.6. The van der Waals surface area contributed by atoms with E-state index in [1.807, 2.05) is 12.1 Å². The number of hydrogen-bond donors (Lipinski definition) is 2. The molecule has 1 aliphatic heterocycles. The second kappa shape index (κ2) is 7.09. The number of nitrogens with zero attached hydrogens (tertiary/aromatic N) is 1. The number of anilines is 1. The fourth-order valence-electron chi connectivity index (χ4n) is 2.72. The lowest BCUT2D eigenvalue weighted by molar-refractivity contribution is 0.100. The first-order chi connectivity index (χ1) is 9.61. The van der Waals surface area contributed by atoms with Crippen LogP contribution in [0.4, 0.5) is 5.69 Å². The molecule has 1 unspecified atom stereocenters. The standard InChI is InChI=1S/C15H22BrN3O/c1-2-19(10-12-5-3-4-8-18-12)14-9-11(16)6-7-13(14)15(17)20/h6-7,9,12,18H,2-5,8,10H2,1H3,(H2,17,20). The Morgan fingerprint density at radius 3 is 2.90 bits per heavy atom. The number of nitrogens with two attached hydrogens (primary N) is 1. The maximum atomic E-state index is 11.6. The van der Waals surface area contributed by atoms with E-state index in [2.05, 4.69) is 33.1 Å². The summed E-state index contributed by atoms with van der Waals surface area (Å²) >= 11 is 3.47. The lowest BCUT2D eigenvalue weighted by Gasteiger charge is -2.32. The van der Waals surface area contributed by atoms with Gasteiger partial charge in [0.1, 0.15) is 0 Å². The zero-order valence-electron chi connectivity index (χ0n) is 11.9. The molecular formula is C15H22BrN3O. The van der Waals surface area contributed by atoms with Crippen molar-refractivity contribution < 1.29 is 4.79 Å². The Balaban J connectivity index is 2.21. The molecule has 1 atom stereocenters.